The van der Waals surface area contributed by atoms with Crippen LogP contribution in [0.15, 0.2) is 0 Å². The molecule has 0 aromatic rings. The van der Waals surface area contributed by atoms with E-state index in [1.165, 1.54) is 7.11 Å². The maximum absolute atomic E-state index is 12.2. The van der Waals surface area contributed by atoms with E-state index < -0.39 is 12.0 Å². The molecule has 5 nitrogen and oxygen atoms in total. The van der Waals surface area contributed by atoms with Crippen molar-refractivity contribution in [2.24, 2.45) is 11.8 Å². The van der Waals surface area contributed by atoms with Gasteiger partial charge in [0.05, 0.1) is 13.2 Å². The molecule has 0 N–H and O–H groups in total. The lowest BCUT2D eigenvalue weighted by Gasteiger charge is -2.28. The van der Waals surface area contributed by atoms with Gasteiger partial charge in [-0.1, -0.05) is 20.3 Å². The van der Waals surface area contributed by atoms with Crippen LogP contribution in [0.25, 0.3) is 0 Å². The smallest absolute Gasteiger partial charge is 0.313 e. The molecule has 2 rings (SSSR count). The number of ether oxygens (including phenoxy) is 1. The molecule has 0 saturated carbocycles. The Morgan fingerprint density at radius 1 is 1.33 bits per heavy atom. The Hall–Kier alpha value is -0.940. The highest BCUT2D eigenvalue weighted by atomic mass is 16.7. The van der Waals surface area contributed by atoms with E-state index in [9.17, 15) is 9.59 Å². The van der Waals surface area contributed by atoms with Crippen molar-refractivity contribution in [1.29, 1.82) is 0 Å². The maximum atomic E-state index is 12.2. The van der Waals surface area contributed by atoms with Gasteiger partial charge in [-0.25, -0.2) is 0 Å². The summed E-state index contributed by atoms with van der Waals surface area (Å²) in [6.45, 7) is 4.45. The van der Waals surface area contributed by atoms with Gasteiger partial charge in [0.1, 0.15) is 5.92 Å². The summed E-state index contributed by atoms with van der Waals surface area (Å²) in [6, 6.07) is -0.00102. The summed E-state index contributed by atoms with van der Waals surface area (Å²) in [5, 5.41) is 1.82. The van der Waals surface area contributed by atoms with Crippen molar-refractivity contribution in [3.8, 4) is 0 Å². The zero-order valence-corrected chi connectivity index (χ0v) is 11.2. The topological polar surface area (TPSA) is 55.8 Å². The predicted molar refractivity (Wildman–Crippen MR) is 64.6 cm³/mol. The Labute approximate surface area is 107 Å². The minimum Gasteiger partial charge on any atom is -0.469 e. The van der Waals surface area contributed by atoms with E-state index in [2.05, 4.69) is 0 Å². The highest BCUT2D eigenvalue weighted by Gasteiger charge is 2.51. The van der Waals surface area contributed by atoms with Gasteiger partial charge in [0.2, 0.25) is 0 Å². The van der Waals surface area contributed by atoms with Gasteiger partial charge in [-0.15, -0.1) is 0 Å². The van der Waals surface area contributed by atoms with Crippen LogP contribution in [0.3, 0.4) is 0 Å². The fraction of sp³-hybridized carbons (Fsp3) is 0.846. The number of carbonyl (C=O) groups is 2. The fourth-order valence-corrected chi connectivity index (χ4v) is 2.81. The Bertz CT molecular complexity index is 342. The van der Waals surface area contributed by atoms with E-state index >= 15 is 0 Å². The SMILES string of the molecule is COC(=O)[C@@H]1[C@@H](C(=O)C(C)C)ON2CCCC[C@H]12. The lowest BCUT2D eigenvalue weighted by Crippen LogP contribution is -2.41. The van der Waals surface area contributed by atoms with Crippen LogP contribution in [0.4, 0.5) is 0 Å². The number of fused-ring (bicyclic) bond motifs is 1. The first-order chi connectivity index (χ1) is 8.56. The quantitative estimate of drug-likeness (QED) is 0.709. The van der Waals surface area contributed by atoms with Crippen LogP contribution >= 0.6 is 0 Å². The number of carbonyl (C=O) groups excluding carboxylic acids is 2. The van der Waals surface area contributed by atoms with Crippen molar-refractivity contribution in [3.63, 3.8) is 0 Å². The second-order valence-corrected chi connectivity index (χ2v) is 5.34. The first-order valence-electron chi connectivity index (χ1n) is 6.61. The second-order valence-electron chi connectivity index (χ2n) is 5.34. The van der Waals surface area contributed by atoms with E-state index in [1.807, 2.05) is 18.9 Å². The van der Waals surface area contributed by atoms with Gasteiger partial charge in [-0.2, -0.15) is 5.06 Å². The van der Waals surface area contributed by atoms with E-state index in [0.29, 0.717) is 0 Å². The van der Waals surface area contributed by atoms with Crippen LogP contribution < -0.4 is 0 Å². The van der Waals surface area contributed by atoms with Crippen molar-refractivity contribution >= 4 is 11.8 Å². The molecule has 18 heavy (non-hydrogen) atoms. The van der Waals surface area contributed by atoms with Crippen molar-refractivity contribution < 1.29 is 19.2 Å². The summed E-state index contributed by atoms with van der Waals surface area (Å²) in [7, 11) is 1.37. The molecule has 0 radical (unpaired) electrons. The summed E-state index contributed by atoms with van der Waals surface area (Å²) in [4.78, 5) is 29.8. The van der Waals surface area contributed by atoms with Crippen LogP contribution in [0, 0.1) is 11.8 Å². The summed E-state index contributed by atoms with van der Waals surface area (Å²) < 4.78 is 4.85. The van der Waals surface area contributed by atoms with Crippen molar-refractivity contribution in [1.82, 2.24) is 5.06 Å². The number of Topliss-reactive ketones (excluding diaryl/α,β-unsaturated/α-hetero) is 1. The summed E-state index contributed by atoms with van der Waals surface area (Å²) in [6.07, 6.45) is 2.34. The van der Waals surface area contributed by atoms with Gasteiger partial charge in [0.25, 0.3) is 0 Å². The molecular formula is C13H21NO4. The molecule has 0 spiro atoms. The van der Waals surface area contributed by atoms with E-state index in [4.69, 9.17) is 9.57 Å². The third-order valence-electron chi connectivity index (χ3n) is 3.81. The van der Waals surface area contributed by atoms with Gasteiger partial charge in [-0.3, -0.25) is 14.4 Å². The standard InChI is InChI=1S/C13H21NO4/c1-8(2)11(15)12-10(13(16)17-3)9-6-4-5-7-14(9)18-12/h8-10,12H,4-7H2,1-3H3/t9-,10+,12+/m1/s1. The predicted octanol–water partition coefficient (Wildman–Crippen LogP) is 1.17. The monoisotopic (exact) mass is 255 g/mol. The number of hydrogen-bond donors (Lipinski definition) is 0. The Morgan fingerprint density at radius 2 is 2.06 bits per heavy atom. The van der Waals surface area contributed by atoms with Crippen molar-refractivity contribution in [2.45, 2.75) is 45.3 Å². The van der Waals surface area contributed by atoms with Gasteiger partial charge >= 0.3 is 5.97 Å². The van der Waals surface area contributed by atoms with E-state index in [1.54, 1.807) is 0 Å². The zero-order valence-electron chi connectivity index (χ0n) is 11.2. The number of nitrogens with zero attached hydrogens (tertiary/aromatic N) is 1. The number of piperidine rings is 1. The Morgan fingerprint density at radius 3 is 2.67 bits per heavy atom. The minimum atomic E-state index is -0.666. The van der Waals surface area contributed by atoms with Crippen LogP contribution in [0.2, 0.25) is 0 Å². The third kappa shape index (κ3) is 2.29. The summed E-state index contributed by atoms with van der Waals surface area (Å²) in [5.74, 6) is -0.947. The summed E-state index contributed by atoms with van der Waals surface area (Å²) >= 11 is 0. The average molecular weight is 255 g/mol. The first kappa shape index (κ1) is 13.5. The lowest BCUT2D eigenvalue weighted by molar-refractivity contribution is -0.180. The molecule has 0 unspecified atom stereocenters. The van der Waals surface area contributed by atoms with E-state index in [0.717, 1.165) is 25.8 Å². The lowest BCUT2D eigenvalue weighted by atomic mass is 9.85. The number of hydroxylamine groups is 2. The largest absolute Gasteiger partial charge is 0.469 e. The van der Waals surface area contributed by atoms with Crippen LogP contribution in [-0.2, 0) is 19.2 Å². The van der Waals surface area contributed by atoms with E-state index in [-0.39, 0.29) is 23.7 Å². The summed E-state index contributed by atoms with van der Waals surface area (Å²) in [5.41, 5.74) is 0. The number of methoxy groups -OCH3 is 1. The number of ketones is 1. The molecule has 0 amide bonds. The zero-order chi connectivity index (χ0) is 13.3. The first-order valence-corrected chi connectivity index (χ1v) is 6.61. The molecule has 0 aliphatic carbocycles. The van der Waals surface area contributed by atoms with Crippen LogP contribution in [0.1, 0.15) is 33.1 Å². The highest BCUT2D eigenvalue weighted by Crippen LogP contribution is 2.36. The van der Waals surface area contributed by atoms with Gasteiger partial charge in [0, 0.05) is 12.5 Å². The number of esters is 1. The number of hydrogen-bond acceptors (Lipinski definition) is 5. The number of rotatable bonds is 3. The molecule has 2 fully saturated rings. The second kappa shape index (κ2) is 5.36. The third-order valence-corrected chi connectivity index (χ3v) is 3.81. The molecule has 2 saturated heterocycles. The maximum Gasteiger partial charge on any atom is 0.313 e. The molecule has 102 valence electrons. The van der Waals surface area contributed by atoms with Crippen molar-refractivity contribution in [2.75, 3.05) is 13.7 Å². The van der Waals surface area contributed by atoms with Gasteiger partial charge in [0.15, 0.2) is 11.9 Å². The molecule has 2 heterocycles. The van der Waals surface area contributed by atoms with Crippen molar-refractivity contribution in [3.05, 3.63) is 0 Å². The highest BCUT2D eigenvalue weighted by molar-refractivity contribution is 5.90. The van der Waals surface area contributed by atoms with Crippen LogP contribution in [0.5, 0.6) is 0 Å². The molecule has 2 aliphatic rings. The van der Waals surface area contributed by atoms with Gasteiger partial charge in [-0.05, 0) is 12.8 Å². The molecule has 0 aromatic heterocycles. The molecule has 0 bridgehead atoms. The Balaban J connectivity index is 2.22. The minimum absolute atomic E-state index is 0.00102. The fourth-order valence-electron chi connectivity index (χ4n) is 2.81. The molecule has 5 heteroatoms. The van der Waals surface area contributed by atoms with Gasteiger partial charge < -0.3 is 4.74 Å². The van der Waals surface area contributed by atoms with Crippen LogP contribution in [-0.4, -0.2) is 42.6 Å². The molecule has 3 atom stereocenters. The molecular weight excluding hydrogens is 234 g/mol. The molecule has 0 aromatic carbocycles. The normalized spacial score (nSPS) is 32.3. The average Bonchev–Trinajstić information content (AvgIpc) is 2.75. The molecule has 2 aliphatic heterocycles. The Kier molecular flexibility index (Phi) is 4.02.